The SMILES string of the molecule is CCCCCc1cccc(P)c1CCCCC.Cl. The predicted molar refractivity (Wildman–Crippen MR) is 89.5 cm³/mol. The highest BCUT2D eigenvalue weighted by atomic mass is 35.5. The molecule has 0 heterocycles. The standard InChI is InChI=1S/C16H27P.ClH/c1-3-5-7-10-14-11-9-13-16(17)15(14)12-8-6-4-2;/h9,11,13H,3-8,10,12,17H2,1-2H3;1H. The highest BCUT2D eigenvalue weighted by molar-refractivity contribution is 7.27. The first-order chi connectivity index (χ1) is 8.29. The van der Waals surface area contributed by atoms with E-state index in [1.165, 1.54) is 56.7 Å². The van der Waals surface area contributed by atoms with E-state index in [0.29, 0.717) is 0 Å². The molecule has 0 amide bonds. The van der Waals surface area contributed by atoms with E-state index in [2.05, 4.69) is 41.3 Å². The van der Waals surface area contributed by atoms with Crippen LogP contribution in [0.15, 0.2) is 18.2 Å². The summed E-state index contributed by atoms with van der Waals surface area (Å²) in [5, 5.41) is 1.41. The maximum absolute atomic E-state index is 2.91. The Kier molecular flexibility index (Phi) is 10.8. The van der Waals surface area contributed by atoms with Crippen molar-refractivity contribution in [2.45, 2.75) is 65.2 Å². The highest BCUT2D eigenvalue weighted by Crippen LogP contribution is 2.16. The number of unbranched alkanes of at least 4 members (excludes halogenated alkanes) is 4. The molecule has 0 saturated heterocycles. The Morgan fingerprint density at radius 3 is 2.11 bits per heavy atom. The Morgan fingerprint density at radius 1 is 0.889 bits per heavy atom. The van der Waals surface area contributed by atoms with Gasteiger partial charge in [0.05, 0.1) is 0 Å². The van der Waals surface area contributed by atoms with E-state index >= 15 is 0 Å². The molecule has 0 aliphatic carbocycles. The van der Waals surface area contributed by atoms with Crippen molar-refractivity contribution in [2.24, 2.45) is 0 Å². The number of hydrogen-bond acceptors (Lipinski definition) is 0. The van der Waals surface area contributed by atoms with Crippen LogP contribution in [0.1, 0.15) is 63.5 Å². The first kappa shape index (κ1) is 17.9. The van der Waals surface area contributed by atoms with E-state index in [4.69, 9.17) is 0 Å². The van der Waals surface area contributed by atoms with Crippen molar-refractivity contribution in [1.82, 2.24) is 0 Å². The van der Waals surface area contributed by atoms with Crippen molar-refractivity contribution >= 4 is 27.0 Å². The quantitative estimate of drug-likeness (QED) is 0.462. The van der Waals surface area contributed by atoms with Crippen LogP contribution in [0.25, 0.3) is 0 Å². The number of aryl methyl sites for hydroxylation is 1. The predicted octanol–water partition coefficient (Wildman–Crippen LogP) is 5.07. The number of hydrogen-bond donors (Lipinski definition) is 0. The van der Waals surface area contributed by atoms with E-state index in [9.17, 15) is 0 Å². The van der Waals surface area contributed by atoms with Gasteiger partial charge in [0.2, 0.25) is 0 Å². The van der Waals surface area contributed by atoms with Crippen molar-refractivity contribution in [3.63, 3.8) is 0 Å². The third-order valence-corrected chi connectivity index (χ3v) is 3.93. The van der Waals surface area contributed by atoms with Gasteiger partial charge in [-0.25, -0.2) is 0 Å². The third-order valence-electron chi connectivity index (χ3n) is 3.39. The zero-order valence-electron chi connectivity index (χ0n) is 11.9. The van der Waals surface area contributed by atoms with Gasteiger partial charge >= 0.3 is 0 Å². The van der Waals surface area contributed by atoms with E-state index in [1.54, 1.807) is 11.1 Å². The lowest BCUT2D eigenvalue weighted by Gasteiger charge is -2.12. The summed E-state index contributed by atoms with van der Waals surface area (Å²) < 4.78 is 0. The van der Waals surface area contributed by atoms with Gasteiger partial charge in [-0.05, 0) is 42.1 Å². The normalized spacial score (nSPS) is 10.2. The number of benzene rings is 1. The molecule has 0 spiro atoms. The summed E-state index contributed by atoms with van der Waals surface area (Å²) in [4.78, 5) is 0. The van der Waals surface area contributed by atoms with Gasteiger partial charge in [0, 0.05) is 0 Å². The molecule has 0 saturated carbocycles. The molecule has 0 bridgehead atoms. The fourth-order valence-electron chi connectivity index (χ4n) is 2.31. The summed E-state index contributed by atoms with van der Waals surface area (Å²) in [6.45, 7) is 4.54. The monoisotopic (exact) mass is 286 g/mol. The lowest BCUT2D eigenvalue weighted by Crippen LogP contribution is -2.06. The molecule has 0 fully saturated rings. The molecular formula is C16H28ClP. The highest BCUT2D eigenvalue weighted by Gasteiger charge is 2.05. The van der Waals surface area contributed by atoms with Gasteiger partial charge in [-0.1, -0.05) is 57.7 Å². The zero-order chi connectivity index (χ0) is 12.5. The lowest BCUT2D eigenvalue weighted by atomic mass is 9.97. The van der Waals surface area contributed by atoms with Crippen LogP contribution in [0.3, 0.4) is 0 Å². The minimum absolute atomic E-state index is 0. The Hall–Kier alpha value is -0.0600. The van der Waals surface area contributed by atoms with Crippen LogP contribution in [-0.4, -0.2) is 0 Å². The van der Waals surface area contributed by atoms with Crippen LogP contribution in [0.2, 0.25) is 0 Å². The fraction of sp³-hybridized carbons (Fsp3) is 0.625. The van der Waals surface area contributed by atoms with E-state index < -0.39 is 0 Å². The molecule has 0 nitrogen and oxygen atoms in total. The summed E-state index contributed by atoms with van der Waals surface area (Å²) >= 11 is 0. The Balaban J connectivity index is 0.00000289. The van der Waals surface area contributed by atoms with Gasteiger partial charge in [-0.15, -0.1) is 21.6 Å². The summed E-state index contributed by atoms with van der Waals surface area (Å²) in [5.74, 6) is 0. The van der Waals surface area contributed by atoms with Gasteiger partial charge in [0.25, 0.3) is 0 Å². The maximum atomic E-state index is 2.91. The van der Waals surface area contributed by atoms with Crippen molar-refractivity contribution in [3.05, 3.63) is 29.3 Å². The molecule has 0 aliphatic heterocycles. The third kappa shape index (κ3) is 6.21. The summed E-state index contributed by atoms with van der Waals surface area (Å²) in [5.41, 5.74) is 3.18. The van der Waals surface area contributed by atoms with Crippen molar-refractivity contribution in [2.75, 3.05) is 0 Å². The molecular weight excluding hydrogens is 259 g/mol. The number of halogens is 1. The molecule has 0 N–H and O–H groups in total. The van der Waals surface area contributed by atoms with Crippen LogP contribution in [0.5, 0.6) is 0 Å². The molecule has 0 aromatic heterocycles. The second-order valence-corrected chi connectivity index (χ2v) is 5.52. The van der Waals surface area contributed by atoms with Crippen molar-refractivity contribution < 1.29 is 0 Å². The Labute approximate surface area is 122 Å². The smallest absolute Gasteiger partial charge is 0.0268 e. The topological polar surface area (TPSA) is 0 Å². The summed E-state index contributed by atoms with van der Waals surface area (Å²) in [6, 6.07) is 6.76. The lowest BCUT2D eigenvalue weighted by molar-refractivity contribution is 0.695. The van der Waals surface area contributed by atoms with E-state index in [1.807, 2.05) is 0 Å². The largest absolute Gasteiger partial charge is 0.147 e. The molecule has 2 heteroatoms. The minimum Gasteiger partial charge on any atom is -0.147 e. The first-order valence-electron chi connectivity index (χ1n) is 7.15. The molecule has 0 radical (unpaired) electrons. The Morgan fingerprint density at radius 2 is 1.50 bits per heavy atom. The molecule has 1 atom stereocenters. The minimum atomic E-state index is 0. The fourth-order valence-corrected chi connectivity index (χ4v) is 2.75. The first-order valence-corrected chi connectivity index (χ1v) is 7.73. The van der Waals surface area contributed by atoms with Gasteiger partial charge < -0.3 is 0 Å². The van der Waals surface area contributed by atoms with Crippen LogP contribution < -0.4 is 5.30 Å². The molecule has 18 heavy (non-hydrogen) atoms. The molecule has 104 valence electrons. The van der Waals surface area contributed by atoms with Crippen LogP contribution in [0, 0.1) is 0 Å². The van der Waals surface area contributed by atoms with Crippen LogP contribution in [-0.2, 0) is 12.8 Å². The second-order valence-electron chi connectivity index (χ2n) is 4.90. The molecule has 0 aliphatic rings. The van der Waals surface area contributed by atoms with Crippen molar-refractivity contribution in [3.8, 4) is 0 Å². The van der Waals surface area contributed by atoms with Crippen LogP contribution >= 0.6 is 21.6 Å². The zero-order valence-corrected chi connectivity index (χ0v) is 13.8. The van der Waals surface area contributed by atoms with Gasteiger partial charge in [0.15, 0.2) is 0 Å². The van der Waals surface area contributed by atoms with Gasteiger partial charge in [0.1, 0.15) is 0 Å². The molecule has 1 rings (SSSR count). The van der Waals surface area contributed by atoms with E-state index in [-0.39, 0.29) is 12.4 Å². The van der Waals surface area contributed by atoms with Gasteiger partial charge in [-0.3, -0.25) is 0 Å². The molecule has 1 aromatic rings. The Bertz CT molecular complexity index is 323. The molecule has 1 aromatic carbocycles. The summed E-state index contributed by atoms with van der Waals surface area (Å²) in [6.07, 6.45) is 10.5. The molecule has 1 unspecified atom stereocenters. The van der Waals surface area contributed by atoms with Crippen LogP contribution in [0.4, 0.5) is 0 Å². The average Bonchev–Trinajstić information content (AvgIpc) is 2.33. The second kappa shape index (κ2) is 10.8. The van der Waals surface area contributed by atoms with Crippen molar-refractivity contribution in [1.29, 1.82) is 0 Å². The number of rotatable bonds is 8. The average molecular weight is 287 g/mol. The van der Waals surface area contributed by atoms with E-state index in [0.717, 1.165) is 0 Å². The van der Waals surface area contributed by atoms with Gasteiger partial charge in [-0.2, -0.15) is 0 Å². The maximum Gasteiger partial charge on any atom is -0.0268 e. The summed E-state index contributed by atoms with van der Waals surface area (Å²) in [7, 11) is 2.91.